The number of carbonyl (C=O) groups excluding carboxylic acids is 2. The van der Waals surface area contributed by atoms with E-state index in [-0.39, 0.29) is 36.4 Å². The molecule has 1 unspecified atom stereocenters. The van der Waals surface area contributed by atoms with Crippen LogP contribution in [0.5, 0.6) is 0 Å². The van der Waals surface area contributed by atoms with E-state index in [2.05, 4.69) is 5.32 Å². The smallest absolute Gasteiger partial charge is 0.273 e. The fourth-order valence-electron chi connectivity index (χ4n) is 3.62. The van der Waals surface area contributed by atoms with Gasteiger partial charge in [-0.2, -0.15) is 0 Å². The number of hydrogen-bond acceptors (Lipinski definition) is 5. The van der Waals surface area contributed by atoms with Gasteiger partial charge in [-0.1, -0.05) is 18.2 Å². The first-order valence-electron chi connectivity index (χ1n) is 10.3. The minimum absolute atomic E-state index is 0.122. The number of nitrogens with one attached hydrogen (secondary N) is 1. The van der Waals surface area contributed by atoms with E-state index < -0.39 is 10.8 Å². The van der Waals surface area contributed by atoms with Crippen molar-refractivity contribution in [3.8, 4) is 0 Å². The summed E-state index contributed by atoms with van der Waals surface area (Å²) < 4.78 is 5.65. The third kappa shape index (κ3) is 5.46. The Hall–Kier alpha value is -3.26. The van der Waals surface area contributed by atoms with Crippen LogP contribution in [0.2, 0.25) is 0 Å². The topological polar surface area (TPSA) is 102 Å². The molecule has 0 saturated carbocycles. The van der Waals surface area contributed by atoms with Crippen LogP contribution in [0.15, 0.2) is 36.4 Å². The first-order chi connectivity index (χ1) is 14.8. The van der Waals surface area contributed by atoms with Gasteiger partial charge in [-0.05, 0) is 56.9 Å². The van der Waals surface area contributed by atoms with Crippen LogP contribution in [0.1, 0.15) is 39.9 Å². The van der Waals surface area contributed by atoms with Gasteiger partial charge in [0.15, 0.2) is 0 Å². The van der Waals surface area contributed by atoms with Crippen LogP contribution in [0.3, 0.4) is 0 Å². The van der Waals surface area contributed by atoms with Gasteiger partial charge in [0.25, 0.3) is 11.6 Å². The fraction of sp³-hybridized carbons (Fsp3) is 0.391. The van der Waals surface area contributed by atoms with E-state index in [1.54, 1.807) is 19.1 Å². The van der Waals surface area contributed by atoms with Crippen LogP contribution in [0.4, 0.5) is 11.4 Å². The Kier molecular flexibility index (Phi) is 7.02. The number of hydrogen-bond donors (Lipinski definition) is 1. The Morgan fingerprint density at radius 1 is 1.19 bits per heavy atom. The van der Waals surface area contributed by atoms with Crippen LogP contribution < -0.4 is 5.32 Å². The molecule has 0 bridgehead atoms. The summed E-state index contributed by atoms with van der Waals surface area (Å²) in [6, 6.07) is 10.0. The molecule has 8 heteroatoms. The Balaban J connectivity index is 1.81. The average Bonchev–Trinajstić information content (AvgIpc) is 3.24. The monoisotopic (exact) mass is 425 g/mol. The van der Waals surface area contributed by atoms with Crippen LogP contribution in [-0.4, -0.2) is 47.4 Å². The number of amides is 2. The lowest BCUT2D eigenvalue weighted by Crippen LogP contribution is -2.42. The molecule has 1 saturated heterocycles. The zero-order valence-corrected chi connectivity index (χ0v) is 18.0. The molecule has 0 spiro atoms. The number of aryl methyl sites for hydroxylation is 2. The molecule has 1 heterocycles. The van der Waals surface area contributed by atoms with Crippen molar-refractivity contribution >= 4 is 23.2 Å². The minimum atomic E-state index is -0.510. The molecule has 2 amide bonds. The molecule has 1 N–H and O–H groups in total. The van der Waals surface area contributed by atoms with E-state index in [9.17, 15) is 19.7 Å². The number of nitro groups is 1. The molecule has 164 valence electrons. The molecule has 1 aliphatic heterocycles. The maximum atomic E-state index is 13.2. The highest BCUT2D eigenvalue weighted by atomic mass is 16.6. The number of benzene rings is 2. The number of anilines is 1. The van der Waals surface area contributed by atoms with Gasteiger partial charge < -0.3 is 15.0 Å². The quantitative estimate of drug-likeness (QED) is 0.537. The molecule has 1 fully saturated rings. The molecular weight excluding hydrogens is 398 g/mol. The molecule has 0 aliphatic carbocycles. The maximum Gasteiger partial charge on any atom is 0.273 e. The van der Waals surface area contributed by atoms with Gasteiger partial charge >= 0.3 is 0 Å². The van der Waals surface area contributed by atoms with Crippen LogP contribution in [-0.2, 0) is 9.53 Å². The molecule has 2 aromatic rings. The maximum absolute atomic E-state index is 13.2. The van der Waals surface area contributed by atoms with Gasteiger partial charge in [-0.15, -0.1) is 0 Å². The van der Waals surface area contributed by atoms with E-state index >= 15 is 0 Å². The van der Waals surface area contributed by atoms with Gasteiger partial charge in [0, 0.05) is 36.0 Å². The molecule has 8 nitrogen and oxygen atoms in total. The number of ether oxygens (including phenoxy) is 1. The van der Waals surface area contributed by atoms with Gasteiger partial charge in [0.05, 0.1) is 11.0 Å². The summed E-state index contributed by atoms with van der Waals surface area (Å²) in [6.07, 6.45) is 1.55. The number of rotatable bonds is 7. The highest BCUT2D eigenvalue weighted by molar-refractivity contribution is 6.00. The highest BCUT2D eigenvalue weighted by Gasteiger charge is 2.26. The van der Waals surface area contributed by atoms with E-state index in [0.29, 0.717) is 17.9 Å². The SMILES string of the molecule is Cc1ccc(C(=O)N(CC(=O)Nc2cccc(C)c2C)CC2CCCO2)cc1[N+](=O)[O-]. The largest absolute Gasteiger partial charge is 0.376 e. The van der Waals surface area contributed by atoms with Gasteiger partial charge in [0.2, 0.25) is 5.91 Å². The van der Waals surface area contributed by atoms with Gasteiger partial charge in [-0.3, -0.25) is 19.7 Å². The van der Waals surface area contributed by atoms with Crippen LogP contribution in [0, 0.1) is 30.9 Å². The van der Waals surface area contributed by atoms with Crippen LogP contribution in [0.25, 0.3) is 0 Å². The Morgan fingerprint density at radius 2 is 1.97 bits per heavy atom. The van der Waals surface area contributed by atoms with E-state index in [1.165, 1.54) is 11.0 Å². The molecular formula is C23H27N3O5. The number of carbonyl (C=O) groups is 2. The molecule has 31 heavy (non-hydrogen) atoms. The second-order valence-electron chi connectivity index (χ2n) is 7.87. The standard InChI is InChI=1S/C23H27N3O5/c1-15-6-4-8-20(17(15)3)24-22(27)14-25(13-19-7-5-11-31-19)23(28)18-10-9-16(2)21(12-18)26(29)30/h4,6,8-10,12,19H,5,7,11,13-14H2,1-3H3,(H,24,27). The lowest BCUT2D eigenvalue weighted by molar-refractivity contribution is -0.385. The summed E-state index contributed by atoms with van der Waals surface area (Å²) in [6.45, 7) is 6.20. The van der Waals surface area contributed by atoms with Crippen molar-refractivity contribution in [2.75, 3.05) is 25.0 Å². The molecule has 0 radical (unpaired) electrons. The van der Waals surface area contributed by atoms with Crippen molar-refractivity contribution < 1.29 is 19.2 Å². The molecule has 1 aliphatic rings. The zero-order chi connectivity index (χ0) is 22.5. The van der Waals surface area contributed by atoms with Gasteiger partial charge in [-0.25, -0.2) is 0 Å². The molecule has 3 rings (SSSR count). The first kappa shape index (κ1) is 22.4. The number of nitro benzene ring substituents is 1. The van der Waals surface area contributed by atoms with Crippen molar-refractivity contribution in [3.05, 3.63) is 68.8 Å². The average molecular weight is 425 g/mol. The Morgan fingerprint density at radius 3 is 2.65 bits per heavy atom. The van der Waals surface area contributed by atoms with Crippen molar-refractivity contribution in [1.82, 2.24) is 4.90 Å². The van der Waals surface area contributed by atoms with Crippen molar-refractivity contribution in [2.45, 2.75) is 39.7 Å². The third-order valence-corrected chi connectivity index (χ3v) is 5.60. The molecule has 0 aromatic heterocycles. The predicted molar refractivity (Wildman–Crippen MR) is 117 cm³/mol. The van der Waals surface area contributed by atoms with E-state index in [0.717, 1.165) is 24.0 Å². The van der Waals surface area contributed by atoms with Crippen LogP contribution >= 0.6 is 0 Å². The minimum Gasteiger partial charge on any atom is -0.376 e. The Labute approximate surface area is 181 Å². The van der Waals surface area contributed by atoms with Gasteiger partial charge in [0.1, 0.15) is 6.54 Å². The normalized spacial score (nSPS) is 15.5. The third-order valence-electron chi connectivity index (χ3n) is 5.60. The zero-order valence-electron chi connectivity index (χ0n) is 18.0. The summed E-state index contributed by atoms with van der Waals surface area (Å²) >= 11 is 0. The number of nitrogens with zero attached hydrogens (tertiary/aromatic N) is 2. The predicted octanol–water partition coefficient (Wildman–Crippen LogP) is 3.78. The second kappa shape index (κ2) is 9.70. The second-order valence-corrected chi connectivity index (χ2v) is 7.87. The van der Waals surface area contributed by atoms with Crippen molar-refractivity contribution in [1.29, 1.82) is 0 Å². The summed E-state index contributed by atoms with van der Waals surface area (Å²) in [5.41, 5.74) is 3.23. The summed E-state index contributed by atoms with van der Waals surface area (Å²) in [4.78, 5) is 38.1. The van der Waals surface area contributed by atoms with Crippen molar-refractivity contribution in [3.63, 3.8) is 0 Å². The summed E-state index contributed by atoms with van der Waals surface area (Å²) in [5, 5.41) is 14.2. The molecule has 1 atom stereocenters. The van der Waals surface area contributed by atoms with E-state index in [4.69, 9.17) is 4.74 Å². The molecule has 2 aromatic carbocycles. The summed E-state index contributed by atoms with van der Waals surface area (Å²) in [7, 11) is 0. The first-order valence-corrected chi connectivity index (χ1v) is 10.3. The fourth-order valence-corrected chi connectivity index (χ4v) is 3.62. The summed E-state index contributed by atoms with van der Waals surface area (Å²) in [5.74, 6) is -0.767. The van der Waals surface area contributed by atoms with Crippen molar-refractivity contribution in [2.24, 2.45) is 0 Å². The lowest BCUT2D eigenvalue weighted by Gasteiger charge is -2.25. The Bertz CT molecular complexity index is 999. The van der Waals surface area contributed by atoms with E-state index in [1.807, 2.05) is 32.0 Å². The highest BCUT2D eigenvalue weighted by Crippen LogP contribution is 2.22. The lowest BCUT2D eigenvalue weighted by atomic mass is 10.1.